The summed E-state index contributed by atoms with van der Waals surface area (Å²) in [5, 5.41) is 0.732. The summed E-state index contributed by atoms with van der Waals surface area (Å²) >= 11 is 5.88. The molecule has 0 radical (unpaired) electrons. The van der Waals surface area contributed by atoms with Crippen LogP contribution in [0.15, 0.2) is 48.5 Å². The molecule has 0 N–H and O–H groups in total. The van der Waals surface area contributed by atoms with Crippen LogP contribution in [0.25, 0.3) is 0 Å². The molecule has 2 aromatic carbocycles. The number of rotatable bonds is 4. The highest BCUT2D eigenvalue weighted by molar-refractivity contribution is 6.30. The number of ether oxygens (including phenoxy) is 1. The molecule has 0 aliphatic heterocycles. The van der Waals surface area contributed by atoms with Gasteiger partial charge in [0.2, 0.25) is 0 Å². The highest BCUT2D eigenvalue weighted by Crippen LogP contribution is 2.31. The van der Waals surface area contributed by atoms with Gasteiger partial charge in [0.25, 0.3) is 0 Å². The van der Waals surface area contributed by atoms with Crippen molar-refractivity contribution in [3.05, 3.63) is 64.7 Å². The van der Waals surface area contributed by atoms with E-state index in [0.29, 0.717) is 5.92 Å². The van der Waals surface area contributed by atoms with Crippen molar-refractivity contribution in [3.63, 3.8) is 0 Å². The van der Waals surface area contributed by atoms with Crippen molar-refractivity contribution in [2.24, 2.45) is 11.8 Å². The monoisotopic (exact) mass is 352 g/mol. The van der Waals surface area contributed by atoms with Gasteiger partial charge in [0, 0.05) is 16.1 Å². The maximum Gasteiger partial charge on any atom is 0.119 e. The predicted molar refractivity (Wildman–Crippen MR) is 105 cm³/mol. The summed E-state index contributed by atoms with van der Waals surface area (Å²) in [5.74, 6) is 8.92. The Morgan fingerprint density at radius 1 is 0.840 bits per heavy atom. The van der Waals surface area contributed by atoms with Crippen LogP contribution in [-0.4, -0.2) is 6.61 Å². The Morgan fingerprint density at radius 3 is 1.92 bits per heavy atom. The lowest BCUT2D eigenvalue weighted by atomic mass is 9.81. The Labute approximate surface area is 156 Å². The summed E-state index contributed by atoms with van der Waals surface area (Å²) < 4.78 is 5.98. The van der Waals surface area contributed by atoms with Gasteiger partial charge in [-0.25, -0.2) is 0 Å². The fourth-order valence-corrected chi connectivity index (χ4v) is 3.46. The van der Waals surface area contributed by atoms with Gasteiger partial charge >= 0.3 is 0 Å². The number of benzene rings is 2. The summed E-state index contributed by atoms with van der Waals surface area (Å²) in [4.78, 5) is 0. The molecule has 0 amide bonds. The maximum atomic E-state index is 5.98. The zero-order chi connectivity index (χ0) is 17.5. The van der Waals surface area contributed by atoms with Gasteiger partial charge < -0.3 is 4.74 Å². The highest BCUT2D eigenvalue weighted by Gasteiger charge is 2.20. The highest BCUT2D eigenvalue weighted by atomic mass is 35.5. The molecule has 1 aliphatic carbocycles. The minimum Gasteiger partial charge on any atom is -0.493 e. The Kier molecular flexibility index (Phi) is 6.42. The topological polar surface area (TPSA) is 9.23 Å². The summed E-state index contributed by atoms with van der Waals surface area (Å²) in [6, 6.07) is 15.7. The first-order valence-electron chi connectivity index (χ1n) is 9.23. The predicted octanol–water partition coefficient (Wildman–Crippen LogP) is 6.34. The number of halogens is 1. The normalized spacial score (nSPS) is 19.8. The lowest BCUT2D eigenvalue weighted by molar-refractivity contribution is 0.181. The van der Waals surface area contributed by atoms with E-state index in [9.17, 15) is 0 Å². The third kappa shape index (κ3) is 5.55. The van der Waals surface area contributed by atoms with E-state index >= 15 is 0 Å². The molecule has 2 aromatic rings. The van der Waals surface area contributed by atoms with Gasteiger partial charge in [-0.05, 0) is 73.2 Å². The smallest absolute Gasteiger partial charge is 0.119 e. The SMILES string of the molecule is CC[C@H]1CC[C@H](COc2ccc(C#Cc3ccc(Cl)cc3)cc2)CC1. The largest absolute Gasteiger partial charge is 0.493 e. The Bertz CT molecular complexity index is 713. The zero-order valence-electron chi connectivity index (χ0n) is 14.8. The van der Waals surface area contributed by atoms with Crippen LogP contribution in [0.5, 0.6) is 5.75 Å². The standard InChI is InChI=1S/C23H25ClO/c1-2-18-3-7-21(8-4-18)17-25-23-15-11-20(12-16-23)6-5-19-9-13-22(24)14-10-19/h9-16,18,21H,2-4,7-8,17H2,1H3/t18-,21-. The van der Waals surface area contributed by atoms with Gasteiger partial charge in [0.15, 0.2) is 0 Å². The Morgan fingerprint density at radius 2 is 1.36 bits per heavy atom. The van der Waals surface area contributed by atoms with Crippen LogP contribution in [0.3, 0.4) is 0 Å². The van der Waals surface area contributed by atoms with E-state index in [1.807, 2.05) is 48.5 Å². The van der Waals surface area contributed by atoms with Crippen molar-refractivity contribution in [1.82, 2.24) is 0 Å². The van der Waals surface area contributed by atoms with E-state index in [4.69, 9.17) is 16.3 Å². The molecule has 0 unspecified atom stereocenters. The molecule has 2 heteroatoms. The van der Waals surface area contributed by atoms with Crippen molar-refractivity contribution in [2.75, 3.05) is 6.61 Å². The fourth-order valence-electron chi connectivity index (χ4n) is 3.33. The molecule has 1 aliphatic rings. The summed E-state index contributed by atoms with van der Waals surface area (Å²) in [6.07, 6.45) is 6.67. The summed E-state index contributed by atoms with van der Waals surface area (Å²) in [6.45, 7) is 3.14. The molecule has 1 saturated carbocycles. The zero-order valence-corrected chi connectivity index (χ0v) is 15.6. The van der Waals surface area contributed by atoms with Gasteiger partial charge in [-0.1, -0.05) is 49.6 Å². The number of hydrogen-bond acceptors (Lipinski definition) is 1. The van der Waals surface area contributed by atoms with Crippen molar-refractivity contribution < 1.29 is 4.74 Å². The second-order valence-corrected chi connectivity index (χ2v) is 7.32. The van der Waals surface area contributed by atoms with Crippen LogP contribution in [0.4, 0.5) is 0 Å². The Balaban J connectivity index is 1.50. The first kappa shape index (κ1) is 17.9. The van der Waals surface area contributed by atoms with Crippen LogP contribution in [0, 0.1) is 23.7 Å². The molecule has 25 heavy (non-hydrogen) atoms. The van der Waals surface area contributed by atoms with Gasteiger partial charge in [0.1, 0.15) is 5.75 Å². The lowest BCUT2D eigenvalue weighted by Crippen LogP contribution is -2.19. The van der Waals surface area contributed by atoms with E-state index in [0.717, 1.165) is 34.4 Å². The number of hydrogen-bond donors (Lipinski definition) is 0. The van der Waals surface area contributed by atoms with E-state index < -0.39 is 0 Å². The van der Waals surface area contributed by atoms with Crippen LogP contribution in [-0.2, 0) is 0 Å². The molecular weight excluding hydrogens is 328 g/mol. The third-order valence-electron chi connectivity index (χ3n) is 5.08. The molecule has 0 saturated heterocycles. The molecule has 3 rings (SSSR count). The minimum atomic E-state index is 0.715. The summed E-state index contributed by atoms with van der Waals surface area (Å²) in [5.41, 5.74) is 1.96. The van der Waals surface area contributed by atoms with E-state index in [-0.39, 0.29) is 0 Å². The molecule has 130 valence electrons. The molecule has 0 aromatic heterocycles. The molecule has 0 atom stereocenters. The molecule has 1 nitrogen and oxygen atoms in total. The second-order valence-electron chi connectivity index (χ2n) is 6.89. The minimum absolute atomic E-state index is 0.715. The summed E-state index contributed by atoms with van der Waals surface area (Å²) in [7, 11) is 0. The second kappa shape index (κ2) is 8.97. The van der Waals surface area contributed by atoms with E-state index in [2.05, 4.69) is 18.8 Å². The van der Waals surface area contributed by atoms with Crippen molar-refractivity contribution >= 4 is 11.6 Å². The molecule has 0 bridgehead atoms. The molecular formula is C23H25ClO. The molecule has 1 fully saturated rings. The molecule has 0 spiro atoms. The fraction of sp³-hybridized carbons (Fsp3) is 0.391. The lowest BCUT2D eigenvalue weighted by Gasteiger charge is -2.27. The first-order valence-corrected chi connectivity index (χ1v) is 9.61. The van der Waals surface area contributed by atoms with E-state index in [1.165, 1.54) is 32.1 Å². The quantitative estimate of drug-likeness (QED) is 0.584. The van der Waals surface area contributed by atoms with Gasteiger partial charge in [-0.3, -0.25) is 0 Å². The van der Waals surface area contributed by atoms with Crippen LogP contribution >= 0.6 is 11.6 Å². The van der Waals surface area contributed by atoms with Crippen molar-refractivity contribution in [3.8, 4) is 17.6 Å². The van der Waals surface area contributed by atoms with E-state index in [1.54, 1.807) is 0 Å². The first-order chi connectivity index (χ1) is 12.2. The van der Waals surface area contributed by atoms with Crippen molar-refractivity contribution in [2.45, 2.75) is 39.0 Å². The van der Waals surface area contributed by atoms with Crippen molar-refractivity contribution in [1.29, 1.82) is 0 Å². The van der Waals surface area contributed by atoms with Gasteiger partial charge in [0.05, 0.1) is 6.61 Å². The third-order valence-corrected chi connectivity index (χ3v) is 5.33. The van der Waals surface area contributed by atoms with Gasteiger partial charge in [-0.2, -0.15) is 0 Å². The average molecular weight is 353 g/mol. The molecule has 0 heterocycles. The van der Waals surface area contributed by atoms with Gasteiger partial charge in [-0.15, -0.1) is 0 Å². The average Bonchev–Trinajstić information content (AvgIpc) is 2.67. The Hall–Kier alpha value is -1.91. The van der Waals surface area contributed by atoms with Crippen LogP contribution in [0.1, 0.15) is 50.2 Å². The van der Waals surface area contributed by atoms with Crippen LogP contribution in [0.2, 0.25) is 5.02 Å². The maximum absolute atomic E-state index is 5.98. The van der Waals surface area contributed by atoms with Crippen LogP contribution < -0.4 is 4.74 Å².